The number of nitriles is 1. The lowest BCUT2D eigenvalue weighted by molar-refractivity contribution is -0.119. The first-order valence-electron chi connectivity index (χ1n) is 8.06. The summed E-state index contributed by atoms with van der Waals surface area (Å²) < 4.78 is 1.31. The number of nitrogens with one attached hydrogen (secondary N) is 2. The van der Waals surface area contributed by atoms with Crippen LogP contribution in [0.15, 0.2) is 48.4 Å². The van der Waals surface area contributed by atoms with E-state index in [9.17, 15) is 4.79 Å². The van der Waals surface area contributed by atoms with Gasteiger partial charge in [-0.05, 0) is 18.6 Å². The van der Waals surface area contributed by atoms with E-state index in [2.05, 4.69) is 10.4 Å². The molecule has 1 aromatic heterocycles. The number of nitrogens with zero attached hydrogens (tertiary/aromatic N) is 3. The van der Waals surface area contributed by atoms with E-state index in [-0.39, 0.29) is 18.2 Å². The number of carbonyl (C=O) groups excluding carboxylic acids is 1. The summed E-state index contributed by atoms with van der Waals surface area (Å²) in [6.45, 7) is 1.80. The van der Waals surface area contributed by atoms with Gasteiger partial charge in [-0.15, -0.1) is 0 Å². The van der Waals surface area contributed by atoms with Crippen LogP contribution in [0.4, 0.5) is 0 Å². The van der Waals surface area contributed by atoms with Gasteiger partial charge in [0.15, 0.2) is 0 Å². The van der Waals surface area contributed by atoms with Crippen molar-refractivity contribution in [1.29, 1.82) is 10.7 Å². The molecule has 0 radical (unpaired) electrons. The third-order valence-electron chi connectivity index (χ3n) is 3.79. The molecule has 2 rings (SSSR count). The van der Waals surface area contributed by atoms with Gasteiger partial charge in [0.25, 0.3) is 0 Å². The maximum atomic E-state index is 12.3. The van der Waals surface area contributed by atoms with E-state index in [1.807, 2.05) is 18.2 Å². The van der Waals surface area contributed by atoms with Gasteiger partial charge in [-0.25, -0.2) is 4.68 Å². The zero-order chi connectivity index (χ0) is 19.8. The molecule has 0 spiro atoms. The topological polar surface area (TPSA) is 121 Å². The molecule has 140 valence electrons. The highest BCUT2D eigenvalue weighted by Crippen LogP contribution is 2.18. The lowest BCUT2D eigenvalue weighted by Crippen LogP contribution is -2.31. The third kappa shape index (κ3) is 5.69. The Bertz CT molecular complexity index is 901. The van der Waals surface area contributed by atoms with Gasteiger partial charge < -0.3 is 5.32 Å². The Labute approximate surface area is 166 Å². The number of aromatic nitrogens is 2. The van der Waals surface area contributed by atoms with Crippen LogP contribution in [-0.2, 0) is 11.2 Å². The molecule has 0 saturated carbocycles. The van der Waals surface area contributed by atoms with Gasteiger partial charge in [-0.3, -0.25) is 15.3 Å². The summed E-state index contributed by atoms with van der Waals surface area (Å²) in [6, 6.07) is 9.14. The maximum Gasteiger partial charge on any atom is 0.228 e. The van der Waals surface area contributed by atoms with E-state index in [4.69, 9.17) is 27.4 Å². The second kappa shape index (κ2) is 9.92. The van der Waals surface area contributed by atoms with Crippen molar-refractivity contribution >= 4 is 35.3 Å². The molecule has 0 bridgehead atoms. The highest BCUT2D eigenvalue weighted by molar-refractivity contribution is 7.98. The fourth-order valence-electron chi connectivity index (χ4n) is 2.35. The Morgan fingerprint density at radius 3 is 2.89 bits per heavy atom. The van der Waals surface area contributed by atoms with Crippen LogP contribution < -0.4 is 10.5 Å². The van der Waals surface area contributed by atoms with Crippen molar-refractivity contribution < 1.29 is 4.79 Å². The lowest BCUT2D eigenvalue weighted by atomic mass is 10.1. The Balaban J connectivity index is 2.01. The Morgan fingerprint density at radius 2 is 2.30 bits per heavy atom. The molecule has 27 heavy (non-hydrogen) atoms. The van der Waals surface area contributed by atoms with Crippen LogP contribution in [0.5, 0.6) is 0 Å². The van der Waals surface area contributed by atoms with Crippen molar-refractivity contribution in [2.24, 2.45) is 5.14 Å². The number of benzene rings is 1. The standard InChI is InChI=1S/C18H19ClN6OS/c1-2-14(24-17(26)7-13-5-3-4-6-15(13)19)8-16(27-22)18(21)25-11-12(9-20)10-23-25/h2-6,10-11,16,21H,7-8,22H2,1H3,(H,24,26)/b14-2+,21-18?. The first-order chi connectivity index (χ1) is 13.0. The van der Waals surface area contributed by atoms with Crippen LogP contribution >= 0.6 is 23.5 Å². The summed E-state index contributed by atoms with van der Waals surface area (Å²) in [7, 11) is 0. The van der Waals surface area contributed by atoms with Gasteiger partial charge in [-0.1, -0.05) is 47.8 Å². The van der Waals surface area contributed by atoms with Crippen molar-refractivity contribution in [1.82, 2.24) is 15.1 Å². The Kier molecular flexibility index (Phi) is 7.61. The van der Waals surface area contributed by atoms with Crippen LogP contribution in [0.3, 0.4) is 0 Å². The molecule has 9 heteroatoms. The lowest BCUT2D eigenvalue weighted by Gasteiger charge is -2.18. The second-order valence-corrected chi connectivity index (χ2v) is 6.88. The van der Waals surface area contributed by atoms with E-state index in [0.717, 1.165) is 17.5 Å². The van der Waals surface area contributed by atoms with Gasteiger partial charge in [0.05, 0.1) is 23.4 Å². The van der Waals surface area contributed by atoms with Crippen LogP contribution in [-0.4, -0.2) is 26.8 Å². The van der Waals surface area contributed by atoms with Gasteiger partial charge in [0.2, 0.25) is 5.91 Å². The Morgan fingerprint density at radius 1 is 1.56 bits per heavy atom. The predicted molar refractivity (Wildman–Crippen MR) is 107 cm³/mol. The van der Waals surface area contributed by atoms with E-state index in [1.54, 1.807) is 25.1 Å². The van der Waals surface area contributed by atoms with E-state index in [1.165, 1.54) is 17.1 Å². The first-order valence-corrected chi connectivity index (χ1v) is 9.38. The summed E-state index contributed by atoms with van der Waals surface area (Å²) in [5.41, 5.74) is 1.75. The number of rotatable bonds is 7. The number of carbonyl (C=O) groups is 1. The number of nitrogens with two attached hydrogens (primary N) is 1. The monoisotopic (exact) mass is 402 g/mol. The quantitative estimate of drug-likeness (QED) is 0.373. The summed E-state index contributed by atoms with van der Waals surface area (Å²) in [5.74, 6) is -0.0712. The number of hydrogen-bond donors (Lipinski definition) is 3. The molecule has 7 nitrogen and oxygen atoms in total. The molecule has 0 aliphatic rings. The van der Waals surface area contributed by atoms with Crippen molar-refractivity contribution in [3.8, 4) is 6.07 Å². The molecule has 0 aliphatic heterocycles. The zero-order valence-corrected chi connectivity index (χ0v) is 16.2. The highest BCUT2D eigenvalue weighted by atomic mass is 35.5. The molecule has 2 aromatic rings. The molecular formula is C18H19ClN6OS. The molecule has 0 saturated heterocycles. The number of halogens is 1. The molecule has 4 N–H and O–H groups in total. The molecule has 1 aromatic carbocycles. The van der Waals surface area contributed by atoms with Gasteiger partial charge in [0, 0.05) is 23.3 Å². The van der Waals surface area contributed by atoms with Crippen molar-refractivity contribution in [2.45, 2.75) is 25.0 Å². The van der Waals surface area contributed by atoms with Gasteiger partial charge in [0.1, 0.15) is 11.9 Å². The number of allylic oxidation sites excluding steroid dienone is 2. The molecule has 1 amide bonds. The van der Waals surface area contributed by atoms with Crippen molar-refractivity contribution in [2.75, 3.05) is 0 Å². The van der Waals surface area contributed by atoms with Crippen molar-refractivity contribution in [3.63, 3.8) is 0 Å². The van der Waals surface area contributed by atoms with Crippen LogP contribution in [0, 0.1) is 16.7 Å². The third-order valence-corrected chi connectivity index (χ3v) is 4.88. The van der Waals surface area contributed by atoms with Gasteiger partial charge >= 0.3 is 0 Å². The molecule has 0 fully saturated rings. The molecule has 0 aliphatic carbocycles. The Hall–Kier alpha value is -2.60. The van der Waals surface area contributed by atoms with Gasteiger partial charge in [-0.2, -0.15) is 10.4 Å². The minimum absolute atomic E-state index is 0.128. The molecule has 1 atom stereocenters. The minimum atomic E-state index is -0.441. The predicted octanol–water partition coefficient (Wildman–Crippen LogP) is 2.86. The maximum absolute atomic E-state index is 12.3. The van der Waals surface area contributed by atoms with Crippen LogP contribution in [0.2, 0.25) is 5.02 Å². The SMILES string of the molecule is C/C=C(\CC(SN)C(=N)n1cc(C#N)cn1)NC(=O)Cc1ccccc1Cl. The fourth-order valence-corrected chi connectivity index (χ4v) is 3.06. The minimum Gasteiger partial charge on any atom is -0.330 e. The van der Waals surface area contributed by atoms with E-state index in [0.29, 0.717) is 22.7 Å². The second-order valence-electron chi connectivity index (χ2n) is 5.63. The number of hydrogen-bond acceptors (Lipinski definition) is 6. The zero-order valence-electron chi connectivity index (χ0n) is 14.6. The van der Waals surface area contributed by atoms with Crippen LogP contribution in [0.25, 0.3) is 0 Å². The smallest absolute Gasteiger partial charge is 0.228 e. The average Bonchev–Trinajstić information content (AvgIpc) is 3.15. The summed E-state index contributed by atoms with van der Waals surface area (Å²) in [5, 5.41) is 29.8. The molecule has 1 unspecified atom stereocenters. The summed E-state index contributed by atoms with van der Waals surface area (Å²) in [4.78, 5) is 12.3. The average molecular weight is 403 g/mol. The largest absolute Gasteiger partial charge is 0.330 e. The molecule has 1 heterocycles. The fraction of sp³-hybridized carbons (Fsp3) is 0.222. The summed E-state index contributed by atoms with van der Waals surface area (Å²) >= 11 is 7.08. The number of amides is 1. The van der Waals surface area contributed by atoms with E-state index < -0.39 is 5.25 Å². The highest BCUT2D eigenvalue weighted by Gasteiger charge is 2.20. The normalized spacial score (nSPS) is 12.3. The molecular weight excluding hydrogens is 384 g/mol. The summed E-state index contributed by atoms with van der Waals surface area (Å²) in [6.07, 6.45) is 5.11. The first kappa shape index (κ1) is 20.7. The van der Waals surface area contributed by atoms with Crippen molar-refractivity contribution in [3.05, 3.63) is 64.6 Å². The van der Waals surface area contributed by atoms with Crippen LogP contribution in [0.1, 0.15) is 24.5 Å². The van der Waals surface area contributed by atoms with E-state index >= 15 is 0 Å².